The lowest BCUT2D eigenvalue weighted by Crippen LogP contribution is -2.20. The van der Waals surface area contributed by atoms with Crippen molar-refractivity contribution in [3.8, 4) is 0 Å². The summed E-state index contributed by atoms with van der Waals surface area (Å²) in [7, 11) is 0. The summed E-state index contributed by atoms with van der Waals surface area (Å²) in [6.07, 6.45) is 6.20. The number of hydrogen-bond acceptors (Lipinski definition) is 2. The topological polar surface area (TPSA) is 34.4 Å². The predicted molar refractivity (Wildman–Crippen MR) is 66.0 cm³/mol. The van der Waals surface area contributed by atoms with E-state index in [0.29, 0.717) is 12.0 Å². The molecule has 0 saturated carbocycles. The van der Waals surface area contributed by atoms with Gasteiger partial charge in [-0.15, -0.1) is 0 Å². The molecular formula is C14H21NO2. The molecule has 1 N–H and O–H groups in total. The number of aliphatic hydroxyl groups excluding tert-OH is 1. The second-order valence-electron chi connectivity index (χ2n) is 5.40. The molecule has 1 aliphatic carbocycles. The molecule has 0 aromatic carbocycles. The van der Waals surface area contributed by atoms with Crippen molar-refractivity contribution in [2.45, 2.75) is 44.8 Å². The fourth-order valence-electron chi connectivity index (χ4n) is 3.23. The molecule has 2 heterocycles. The molecule has 1 aromatic rings. The fraction of sp³-hybridized carbons (Fsp3) is 0.714. The van der Waals surface area contributed by atoms with E-state index in [1.165, 1.54) is 5.69 Å². The van der Waals surface area contributed by atoms with Gasteiger partial charge in [0.25, 0.3) is 0 Å². The van der Waals surface area contributed by atoms with E-state index < -0.39 is 0 Å². The van der Waals surface area contributed by atoms with Gasteiger partial charge in [0.05, 0.1) is 12.7 Å². The van der Waals surface area contributed by atoms with E-state index in [-0.39, 0.29) is 6.10 Å². The van der Waals surface area contributed by atoms with Crippen molar-refractivity contribution < 1.29 is 9.84 Å². The van der Waals surface area contributed by atoms with Gasteiger partial charge in [0.2, 0.25) is 0 Å². The van der Waals surface area contributed by atoms with Gasteiger partial charge in [0.1, 0.15) is 0 Å². The van der Waals surface area contributed by atoms with Crippen LogP contribution in [0, 0.1) is 5.92 Å². The minimum atomic E-state index is -0.243. The highest BCUT2D eigenvalue weighted by Gasteiger charge is 2.28. The van der Waals surface area contributed by atoms with E-state index in [1.807, 2.05) is 0 Å². The van der Waals surface area contributed by atoms with Gasteiger partial charge >= 0.3 is 0 Å². The molecule has 3 rings (SSSR count). The van der Waals surface area contributed by atoms with Crippen LogP contribution in [0.3, 0.4) is 0 Å². The van der Waals surface area contributed by atoms with E-state index in [2.05, 4.69) is 23.8 Å². The Kier molecular flexibility index (Phi) is 2.97. The molecule has 94 valence electrons. The Labute approximate surface area is 102 Å². The molecular weight excluding hydrogens is 214 g/mol. The molecule has 0 amide bonds. The number of nitrogens with zero attached hydrogens (tertiary/aromatic N) is 1. The molecule has 0 bridgehead atoms. The highest BCUT2D eigenvalue weighted by Crippen LogP contribution is 2.35. The largest absolute Gasteiger partial charge is 0.388 e. The van der Waals surface area contributed by atoms with E-state index in [9.17, 15) is 5.11 Å². The zero-order valence-electron chi connectivity index (χ0n) is 10.4. The summed E-state index contributed by atoms with van der Waals surface area (Å²) in [6, 6.07) is 2.59. The standard InChI is InChI=1S/C14H21NO2/c1-10(11-6-8-17-9-11)15-7-5-12-13(15)3-2-4-14(12)16/h5,7,10-11,14,16H,2-4,6,8-9H2,1H3. The third-order valence-corrected chi connectivity index (χ3v) is 4.40. The van der Waals surface area contributed by atoms with Crippen LogP contribution in [-0.4, -0.2) is 22.9 Å². The van der Waals surface area contributed by atoms with Gasteiger partial charge in [-0.25, -0.2) is 0 Å². The van der Waals surface area contributed by atoms with Crippen molar-refractivity contribution in [3.05, 3.63) is 23.5 Å². The Balaban J connectivity index is 1.87. The maximum Gasteiger partial charge on any atom is 0.0807 e. The van der Waals surface area contributed by atoms with Crippen molar-refractivity contribution >= 4 is 0 Å². The number of aromatic nitrogens is 1. The second-order valence-corrected chi connectivity index (χ2v) is 5.40. The Morgan fingerprint density at radius 3 is 3.12 bits per heavy atom. The molecule has 0 radical (unpaired) electrons. The van der Waals surface area contributed by atoms with Crippen molar-refractivity contribution in [2.75, 3.05) is 13.2 Å². The maximum absolute atomic E-state index is 9.98. The van der Waals surface area contributed by atoms with Crippen LogP contribution < -0.4 is 0 Å². The van der Waals surface area contributed by atoms with Gasteiger partial charge in [-0.3, -0.25) is 0 Å². The summed E-state index contributed by atoms with van der Waals surface area (Å²) in [4.78, 5) is 0. The number of aliphatic hydroxyl groups is 1. The molecule has 3 nitrogen and oxygen atoms in total. The van der Waals surface area contributed by atoms with Crippen molar-refractivity contribution in [2.24, 2.45) is 5.92 Å². The minimum Gasteiger partial charge on any atom is -0.388 e. The van der Waals surface area contributed by atoms with E-state index in [0.717, 1.165) is 44.5 Å². The minimum absolute atomic E-state index is 0.243. The van der Waals surface area contributed by atoms with Crippen LogP contribution in [0.5, 0.6) is 0 Å². The van der Waals surface area contributed by atoms with Crippen molar-refractivity contribution in [1.82, 2.24) is 4.57 Å². The first-order valence-corrected chi connectivity index (χ1v) is 6.73. The molecule has 3 atom stereocenters. The summed E-state index contributed by atoms with van der Waals surface area (Å²) in [5.41, 5.74) is 2.50. The van der Waals surface area contributed by atoms with Crippen molar-refractivity contribution in [3.63, 3.8) is 0 Å². The molecule has 17 heavy (non-hydrogen) atoms. The second kappa shape index (κ2) is 4.46. The third-order valence-electron chi connectivity index (χ3n) is 4.40. The first-order valence-electron chi connectivity index (χ1n) is 6.73. The highest BCUT2D eigenvalue weighted by atomic mass is 16.5. The zero-order valence-corrected chi connectivity index (χ0v) is 10.4. The van der Waals surface area contributed by atoms with Gasteiger partial charge in [0.15, 0.2) is 0 Å². The Hall–Kier alpha value is -0.800. The smallest absolute Gasteiger partial charge is 0.0807 e. The normalized spacial score (nSPS) is 30.2. The van der Waals surface area contributed by atoms with Crippen LogP contribution in [0.4, 0.5) is 0 Å². The average molecular weight is 235 g/mol. The maximum atomic E-state index is 9.98. The number of hydrogen-bond donors (Lipinski definition) is 1. The van der Waals surface area contributed by atoms with Crippen LogP contribution in [-0.2, 0) is 11.2 Å². The van der Waals surface area contributed by atoms with Gasteiger partial charge in [-0.05, 0) is 38.7 Å². The number of ether oxygens (including phenoxy) is 1. The lowest BCUT2D eigenvalue weighted by Gasteiger charge is -2.26. The summed E-state index contributed by atoms with van der Waals surface area (Å²) in [6.45, 7) is 4.07. The lowest BCUT2D eigenvalue weighted by molar-refractivity contribution is 0.153. The summed E-state index contributed by atoms with van der Waals surface area (Å²) >= 11 is 0. The first kappa shape index (κ1) is 11.3. The molecule has 1 fully saturated rings. The van der Waals surface area contributed by atoms with Gasteiger partial charge in [-0.2, -0.15) is 0 Å². The van der Waals surface area contributed by atoms with E-state index in [1.54, 1.807) is 0 Å². The van der Waals surface area contributed by atoms with Crippen LogP contribution in [0.15, 0.2) is 12.3 Å². The van der Waals surface area contributed by atoms with Crippen LogP contribution in [0.25, 0.3) is 0 Å². The monoisotopic (exact) mass is 235 g/mol. The quantitative estimate of drug-likeness (QED) is 0.854. The van der Waals surface area contributed by atoms with Gasteiger partial charge in [0, 0.05) is 36.0 Å². The fourth-order valence-corrected chi connectivity index (χ4v) is 3.23. The van der Waals surface area contributed by atoms with Crippen molar-refractivity contribution in [1.29, 1.82) is 0 Å². The Morgan fingerprint density at radius 1 is 1.47 bits per heavy atom. The molecule has 1 aromatic heterocycles. The molecule has 1 aliphatic heterocycles. The molecule has 1 saturated heterocycles. The number of fused-ring (bicyclic) bond motifs is 1. The average Bonchev–Trinajstić information content (AvgIpc) is 2.98. The molecule has 0 spiro atoms. The van der Waals surface area contributed by atoms with Crippen LogP contribution in [0.1, 0.15) is 49.6 Å². The Morgan fingerprint density at radius 2 is 2.35 bits per heavy atom. The molecule has 3 heteroatoms. The third kappa shape index (κ3) is 1.91. The summed E-state index contributed by atoms with van der Waals surface area (Å²) in [5, 5.41) is 9.98. The SMILES string of the molecule is CC(C1CCOC1)n1ccc2c1CCCC2O. The zero-order chi connectivity index (χ0) is 11.8. The number of rotatable bonds is 2. The summed E-state index contributed by atoms with van der Waals surface area (Å²) in [5.74, 6) is 0.630. The van der Waals surface area contributed by atoms with Gasteiger partial charge in [-0.1, -0.05) is 0 Å². The van der Waals surface area contributed by atoms with Gasteiger partial charge < -0.3 is 14.4 Å². The van der Waals surface area contributed by atoms with Crippen LogP contribution in [0.2, 0.25) is 0 Å². The summed E-state index contributed by atoms with van der Waals surface area (Å²) < 4.78 is 7.85. The first-order chi connectivity index (χ1) is 8.27. The van der Waals surface area contributed by atoms with E-state index >= 15 is 0 Å². The lowest BCUT2D eigenvalue weighted by atomic mass is 9.94. The molecule has 2 aliphatic rings. The Bertz CT molecular complexity index is 393. The van der Waals surface area contributed by atoms with Crippen LogP contribution >= 0.6 is 0 Å². The highest BCUT2D eigenvalue weighted by molar-refractivity contribution is 5.28. The molecule has 3 unspecified atom stereocenters. The predicted octanol–water partition coefficient (Wildman–Crippen LogP) is 2.46. The van der Waals surface area contributed by atoms with E-state index in [4.69, 9.17) is 4.74 Å².